The van der Waals surface area contributed by atoms with Gasteiger partial charge in [-0.15, -0.1) is 11.6 Å². The predicted molar refractivity (Wildman–Crippen MR) is 128 cm³/mol. The molecule has 0 radical (unpaired) electrons. The Labute approximate surface area is 220 Å². The van der Waals surface area contributed by atoms with Crippen molar-refractivity contribution in [1.82, 2.24) is 0 Å². The maximum atomic E-state index is 13.0. The average Bonchev–Trinajstić information content (AvgIpc) is 3.01. The summed E-state index contributed by atoms with van der Waals surface area (Å²) in [6, 6.07) is 0. The van der Waals surface area contributed by atoms with Gasteiger partial charge in [-0.3, -0.25) is 19.2 Å². The second kappa shape index (κ2) is 9.24. The summed E-state index contributed by atoms with van der Waals surface area (Å²) in [5.74, 6) is -4.43. The van der Waals surface area contributed by atoms with E-state index in [1.54, 1.807) is 13.8 Å². The number of carbonyl (C=O) groups excluding carboxylic acids is 4. The van der Waals surface area contributed by atoms with Gasteiger partial charge in [0.25, 0.3) is 0 Å². The Balaban J connectivity index is 2.01. The minimum atomic E-state index is -1.79. The normalized spacial score (nSPS) is 46.9. The van der Waals surface area contributed by atoms with E-state index in [1.807, 2.05) is 0 Å². The van der Waals surface area contributed by atoms with Gasteiger partial charge in [0.2, 0.25) is 0 Å². The van der Waals surface area contributed by atoms with Gasteiger partial charge in [0.1, 0.15) is 23.9 Å². The Bertz CT molecular complexity index is 1020. The van der Waals surface area contributed by atoms with Crippen LogP contribution in [-0.4, -0.2) is 76.1 Å². The van der Waals surface area contributed by atoms with E-state index in [2.05, 4.69) is 6.58 Å². The number of aliphatic hydroxyl groups is 1. The van der Waals surface area contributed by atoms with Gasteiger partial charge in [0.15, 0.2) is 11.7 Å². The zero-order valence-electron chi connectivity index (χ0n) is 21.9. The van der Waals surface area contributed by atoms with E-state index in [0.717, 1.165) is 0 Å². The fourth-order valence-electron chi connectivity index (χ4n) is 7.19. The van der Waals surface area contributed by atoms with Crippen LogP contribution in [0.3, 0.4) is 0 Å². The largest absolute Gasteiger partial charge is 0.462 e. The first-order valence-electron chi connectivity index (χ1n) is 12.5. The van der Waals surface area contributed by atoms with E-state index < -0.39 is 88.2 Å². The van der Waals surface area contributed by atoms with Gasteiger partial charge in [-0.05, 0) is 26.7 Å². The van der Waals surface area contributed by atoms with Crippen LogP contribution in [0.15, 0.2) is 12.2 Å². The van der Waals surface area contributed by atoms with Crippen molar-refractivity contribution in [1.29, 1.82) is 0 Å². The Hall–Kier alpha value is -2.17. The third kappa shape index (κ3) is 4.06. The molecule has 1 spiro atoms. The fraction of sp³-hybridized carbons (Fsp3) is 0.769. The SMILES string of the molecule is C=C1CC[C@@H]2O[C@@]3([C@H](OC(C)=O)[C@H]4[C@](C)(O)[C@H](OC(C)=O)C[C@H](OC(C)=O)[C@]24C)[C@@H](C)C(=O)O[C@H]3[C@H]1Cl. The summed E-state index contributed by atoms with van der Waals surface area (Å²) in [5, 5.41) is 11.3. The molecule has 11 atom stereocenters. The number of esters is 4. The Morgan fingerprint density at radius 3 is 2.19 bits per heavy atom. The molecule has 0 aromatic carbocycles. The molecule has 2 bridgehead atoms. The second-order valence-electron chi connectivity index (χ2n) is 11.2. The third-order valence-electron chi connectivity index (χ3n) is 8.87. The number of hydrogen-bond acceptors (Lipinski definition) is 10. The van der Waals surface area contributed by atoms with Crippen molar-refractivity contribution in [2.45, 2.75) is 108 Å². The highest BCUT2D eigenvalue weighted by Gasteiger charge is 2.78. The molecule has 3 heterocycles. The molecule has 4 rings (SSSR count). The molecule has 11 heteroatoms. The van der Waals surface area contributed by atoms with Crippen LogP contribution >= 0.6 is 11.6 Å². The fourth-order valence-corrected chi connectivity index (χ4v) is 7.55. The highest BCUT2D eigenvalue weighted by Crippen LogP contribution is 2.64. The monoisotopic (exact) mass is 542 g/mol. The molecule has 206 valence electrons. The van der Waals surface area contributed by atoms with E-state index in [0.29, 0.717) is 18.4 Å². The summed E-state index contributed by atoms with van der Waals surface area (Å²) in [7, 11) is 0. The number of carbonyl (C=O) groups is 4. The highest BCUT2D eigenvalue weighted by atomic mass is 35.5. The number of alkyl halides is 1. The van der Waals surface area contributed by atoms with Crippen LogP contribution in [0.25, 0.3) is 0 Å². The van der Waals surface area contributed by atoms with E-state index >= 15 is 0 Å². The lowest BCUT2D eigenvalue weighted by atomic mass is 9.49. The maximum Gasteiger partial charge on any atom is 0.312 e. The van der Waals surface area contributed by atoms with Crippen molar-refractivity contribution >= 4 is 35.5 Å². The zero-order chi connectivity index (χ0) is 27.7. The predicted octanol–water partition coefficient (Wildman–Crippen LogP) is 2.22. The first-order valence-corrected chi connectivity index (χ1v) is 13.0. The summed E-state index contributed by atoms with van der Waals surface area (Å²) in [6.45, 7) is 12.7. The van der Waals surface area contributed by atoms with Crippen LogP contribution in [-0.2, 0) is 42.9 Å². The summed E-state index contributed by atoms with van der Waals surface area (Å²) >= 11 is 6.80. The van der Waals surface area contributed by atoms with Gasteiger partial charge >= 0.3 is 23.9 Å². The van der Waals surface area contributed by atoms with Crippen LogP contribution in [0, 0.1) is 17.3 Å². The highest BCUT2D eigenvalue weighted by molar-refractivity contribution is 6.23. The lowest BCUT2D eigenvalue weighted by Gasteiger charge is -2.66. The molecule has 0 amide bonds. The van der Waals surface area contributed by atoms with Gasteiger partial charge in [-0.1, -0.05) is 19.1 Å². The molecule has 3 aliphatic heterocycles. The van der Waals surface area contributed by atoms with Crippen LogP contribution in [0.1, 0.15) is 60.8 Å². The van der Waals surface area contributed by atoms with Crippen molar-refractivity contribution in [3.8, 4) is 0 Å². The molecule has 1 aliphatic carbocycles. The standard InChI is InChI=1S/C26H35ClO10/c1-11-8-9-16-24(6)17(33-13(3)28)10-18(34-14(4)29)25(7,32)20(24)22(35-15(5)30)26(37-16)12(2)23(31)36-21(26)19(11)27/h12,16-22,32H,1,8-10H2,2-7H3/t12-,16-,17-,18+,19-,20+,21-,22+,24-,25+,26-/m0/s1. The number of hydrogen-bond donors (Lipinski definition) is 1. The summed E-state index contributed by atoms with van der Waals surface area (Å²) in [5.41, 5.74) is -3.89. The molecule has 1 N–H and O–H groups in total. The maximum absolute atomic E-state index is 13.0. The quantitative estimate of drug-likeness (QED) is 0.245. The van der Waals surface area contributed by atoms with Crippen LogP contribution in [0.5, 0.6) is 0 Å². The minimum Gasteiger partial charge on any atom is -0.462 e. The lowest BCUT2D eigenvalue weighted by Crippen LogP contribution is -2.79. The number of fused-ring (bicyclic) bond motifs is 3. The number of halogens is 1. The molecule has 4 aliphatic rings. The molecule has 0 aromatic rings. The molecule has 0 aromatic heterocycles. The molecular formula is C26H35ClO10. The molecule has 3 saturated heterocycles. The second-order valence-corrected chi connectivity index (χ2v) is 11.6. The van der Waals surface area contributed by atoms with Gasteiger partial charge in [-0.25, -0.2) is 0 Å². The number of rotatable bonds is 3. The molecular weight excluding hydrogens is 508 g/mol. The number of ether oxygens (including phenoxy) is 5. The van der Waals surface area contributed by atoms with Crippen LogP contribution < -0.4 is 0 Å². The zero-order valence-corrected chi connectivity index (χ0v) is 22.7. The van der Waals surface area contributed by atoms with Crippen LogP contribution in [0.2, 0.25) is 0 Å². The van der Waals surface area contributed by atoms with Gasteiger partial charge in [0.05, 0.1) is 17.4 Å². The Morgan fingerprint density at radius 2 is 1.62 bits per heavy atom. The van der Waals surface area contributed by atoms with Crippen molar-refractivity contribution in [2.75, 3.05) is 0 Å². The van der Waals surface area contributed by atoms with E-state index in [1.165, 1.54) is 27.7 Å². The van der Waals surface area contributed by atoms with Crippen LogP contribution in [0.4, 0.5) is 0 Å². The molecule has 4 fully saturated rings. The molecule has 1 saturated carbocycles. The Morgan fingerprint density at radius 1 is 1.05 bits per heavy atom. The van der Waals surface area contributed by atoms with Crippen molar-refractivity contribution < 1.29 is 48.0 Å². The van der Waals surface area contributed by atoms with Crippen molar-refractivity contribution in [3.63, 3.8) is 0 Å². The first-order chi connectivity index (χ1) is 17.1. The van der Waals surface area contributed by atoms with Gasteiger partial charge < -0.3 is 28.8 Å². The van der Waals surface area contributed by atoms with E-state index in [4.69, 9.17) is 35.3 Å². The topological polar surface area (TPSA) is 135 Å². The average molecular weight is 543 g/mol. The summed E-state index contributed by atoms with van der Waals surface area (Å²) in [6.07, 6.45) is -4.26. The van der Waals surface area contributed by atoms with Gasteiger partial charge in [0, 0.05) is 38.5 Å². The third-order valence-corrected chi connectivity index (χ3v) is 9.41. The molecule has 37 heavy (non-hydrogen) atoms. The minimum absolute atomic E-state index is 0.00764. The lowest BCUT2D eigenvalue weighted by molar-refractivity contribution is -0.355. The first kappa shape index (κ1) is 27.9. The summed E-state index contributed by atoms with van der Waals surface area (Å²) in [4.78, 5) is 49.8. The smallest absolute Gasteiger partial charge is 0.312 e. The Kier molecular flexibility index (Phi) is 6.95. The molecule has 0 unspecified atom stereocenters. The van der Waals surface area contributed by atoms with E-state index in [9.17, 15) is 24.3 Å². The van der Waals surface area contributed by atoms with Crippen molar-refractivity contribution in [2.24, 2.45) is 17.3 Å². The molecule has 10 nitrogen and oxygen atoms in total. The van der Waals surface area contributed by atoms with Crippen molar-refractivity contribution in [3.05, 3.63) is 12.2 Å². The van der Waals surface area contributed by atoms with E-state index in [-0.39, 0.29) is 6.42 Å². The summed E-state index contributed by atoms with van der Waals surface area (Å²) < 4.78 is 29.8. The van der Waals surface area contributed by atoms with Gasteiger partial charge in [-0.2, -0.15) is 0 Å².